The van der Waals surface area contributed by atoms with Gasteiger partial charge in [0, 0.05) is 17.2 Å². The molecule has 0 aliphatic rings. The van der Waals surface area contributed by atoms with Gasteiger partial charge in [0.05, 0.1) is 5.69 Å². The molecule has 0 fully saturated rings. The number of nitrogens with zero attached hydrogens (tertiary/aromatic N) is 3. The molecule has 0 amide bonds. The third kappa shape index (κ3) is 2.38. The molecule has 0 atom stereocenters. The number of nitrogens with one attached hydrogen (secondary N) is 1. The number of hydrogen-bond donors (Lipinski definition) is 2. The van der Waals surface area contributed by atoms with E-state index in [1.54, 1.807) is 13.0 Å². The quantitative estimate of drug-likeness (QED) is 0.813. The van der Waals surface area contributed by atoms with Crippen molar-refractivity contribution in [1.82, 2.24) is 19.7 Å². The maximum atomic E-state index is 12.2. The van der Waals surface area contributed by atoms with Crippen LogP contribution in [-0.4, -0.2) is 19.7 Å². The van der Waals surface area contributed by atoms with Gasteiger partial charge >= 0.3 is 0 Å². The van der Waals surface area contributed by atoms with Gasteiger partial charge in [0.2, 0.25) is 0 Å². The summed E-state index contributed by atoms with van der Waals surface area (Å²) < 4.78 is 1.37. The number of nitrogen functional groups attached to an aromatic ring is 1. The van der Waals surface area contributed by atoms with Crippen molar-refractivity contribution in [2.45, 2.75) is 40.0 Å². The highest BCUT2D eigenvalue weighted by Gasteiger charge is 2.23. The van der Waals surface area contributed by atoms with Crippen molar-refractivity contribution < 1.29 is 0 Å². The molecule has 2 aromatic heterocycles. The minimum Gasteiger partial charge on any atom is -0.393 e. The Kier molecular flexibility index (Phi) is 2.96. The lowest BCUT2D eigenvalue weighted by atomic mass is 9.91. The Morgan fingerprint density at radius 2 is 1.89 bits per heavy atom. The van der Waals surface area contributed by atoms with Gasteiger partial charge in [0.1, 0.15) is 11.5 Å². The van der Waals surface area contributed by atoms with E-state index in [2.05, 4.69) is 15.1 Å². The van der Waals surface area contributed by atoms with Crippen molar-refractivity contribution in [3.05, 3.63) is 33.6 Å². The van der Waals surface area contributed by atoms with Crippen LogP contribution in [0.3, 0.4) is 0 Å². The summed E-state index contributed by atoms with van der Waals surface area (Å²) in [6.07, 6.45) is 0. The van der Waals surface area contributed by atoms with Crippen LogP contribution in [0.5, 0.6) is 0 Å². The molecule has 2 aromatic rings. The summed E-state index contributed by atoms with van der Waals surface area (Å²) in [6, 6.07) is 1.75. The van der Waals surface area contributed by atoms with Crippen LogP contribution in [-0.2, 0) is 5.41 Å². The molecule has 0 saturated carbocycles. The molecule has 6 heteroatoms. The van der Waals surface area contributed by atoms with Gasteiger partial charge in [-0.25, -0.2) is 9.97 Å². The Hall–Kier alpha value is -2.11. The van der Waals surface area contributed by atoms with Crippen molar-refractivity contribution in [3.63, 3.8) is 0 Å². The largest absolute Gasteiger partial charge is 0.393 e. The minimum atomic E-state index is -0.276. The van der Waals surface area contributed by atoms with Crippen molar-refractivity contribution >= 4 is 5.69 Å². The monoisotopic (exact) mass is 261 g/mol. The highest BCUT2D eigenvalue weighted by Crippen LogP contribution is 2.24. The second kappa shape index (κ2) is 4.22. The second-order valence-corrected chi connectivity index (χ2v) is 5.71. The van der Waals surface area contributed by atoms with E-state index >= 15 is 0 Å². The fraction of sp³-hybridized carbons (Fsp3) is 0.462. The van der Waals surface area contributed by atoms with Gasteiger partial charge < -0.3 is 5.73 Å². The van der Waals surface area contributed by atoms with E-state index in [-0.39, 0.29) is 16.7 Å². The zero-order chi connectivity index (χ0) is 14.4. The summed E-state index contributed by atoms with van der Waals surface area (Å²) in [5.41, 5.74) is 7.15. The molecule has 3 N–H and O–H groups in total. The highest BCUT2D eigenvalue weighted by atomic mass is 16.1. The molecule has 0 saturated heterocycles. The van der Waals surface area contributed by atoms with Crippen LogP contribution in [0.2, 0.25) is 0 Å². The molecule has 0 aliphatic heterocycles. The summed E-state index contributed by atoms with van der Waals surface area (Å²) in [7, 11) is 0. The van der Waals surface area contributed by atoms with E-state index < -0.39 is 0 Å². The van der Waals surface area contributed by atoms with Gasteiger partial charge in [0.25, 0.3) is 5.56 Å². The molecular formula is C13H19N5O. The molecule has 0 unspecified atom stereocenters. The molecule has 2 heterocycles. The first-order valence-corrected chi connectivity index (χ1v) is 6.14. The summed E-state index contributed by atoms with van der Waals surface area (Å²) in [4.78, 5) is 20.7. The van der Waals surface area contributed by atoms with Gasteiger partial charge in [-0.05, 0) is 13.8 Å². The Morgan fingerprint density at radius 1 is 1.26 bits per heavy atom. The lowest BCUT2D eigenvalue weighted by molar-refractivity contribution is 0.560. The van der Waals surface area contributed by atoms with Crippen LogP contribution in [0, 0.1) is 13.8 Å². The predicted molar refractivity (Wildman–Crippen MR) is 74.6 cm³/mol. The number of aromatic amines is 1. The molecule has 0 radical (unpaired) electrons. The number of rotatable bonds is 1. The Balaban J connectivity index is 2.67. The average Bonchev–Trinajstić information content (AvgIpc) is 2.54. The molecule has 0 bridgehead atoms. The maximum Gasteiger partial charge on any atom is 0.296 e. The number of hydrogen-bond acceptors (Lipinski definition) is 4. The van der Waals surface area contributed by atoms with E-state index in [1.165, 1.54) is 4.68 Å². The molecule has 0 spiro atoms. The maximum absolute atomic E-state index is 12.2. The molecule has 19 heavy (non-hydrogen) atoms. The minimum absolute atomic E-state index is 0.231. The lowest BCUT2D eigenvalue weighted by Crippen LogP contribution is -2.18. The number of nitrogens with two attached hydrogens (primary N) is 1. The first-order valence-electron chi connectivity index (χ1n) is 6.14. The van der Waals surface area contributed by atoms with Gasteiger partial charge in [-0.15, -0.1) is 0 Å². The first-order chi connectivity index (χ1) is 8.70. The molecule has 2 rings (SSSR count). The topological polar surface area (TPSA) is 89.6 Å². The SMILES string of the molecule is Cc1cc(-n2[nH]c(C(C)(C)C)c(N)c2=O)nc(C)n1. The van der Waals surface area contributed by atoms with E-state index in [9.17, 15) is 4.79 Å². The van der Waals surface area contributed by atoms with Gasteiger partial charge in [-0.2, -0.15) is 4.68 Å². The van der Waals surface area contributed by atoms with Gasteiger partial charge in [-0.1, -0.05) is 20.8 Å². The van der Waals surface area contributed by atoms with Gasteiger partial charge in [0.15, 0.2) is 5.82 Å². The van der Waals surface area contributed by atoms with E-state index in [1.807, 2.05) is 27.7 Å². The zero-order valence-electron chi connectivity index (χ0n) is 11.9. The van der Waals surface area contributed by atoms with Crippen LogP contribution in [0.25, 0.3) is 5.82 Å². The predicted octanol–water partition coefficient (Wildman–Crippen LogP) is 1.45. The zero-order valence-corrected chi connectivity index (χ0v) is 11.9. The number of aryl methyl sites for hydroxylation is 2. The third-order valence-electron chi connectivity index (χ3n) is 2.86. The smallest absolute Gasteiger partial charge is 0.296 e. The van der Waals surface area contributed by atoms with Crippen LogP contribution in [0.15, 0.2) is 10.9 Å². The van der Waals surface area contributed by atoms with Crippen LogP contribution < -0.4 is 11.3 Å². The Morgan fingerprint density at radius 3 is 2.37 bits per heavy atom. The number of aromatic nitrogens is 4. The summed E-state index contributed by atoms with van der Waals surface area (Å²) >= 11 is 0. The lowest BCUT2D eigenvalue weighted by Gasteiger charge is -2.16. The van der Waals surface area contributed by atoms with Crippen molar-refractivity contribution in [2.75, 3.05) is 5.73 Å². The fourth-order valence-electron chi connectivity index (χ4n) is 2.00. The van der Waals surface area contributed by atoms with Crippen molar-refractivity contribution in [2.24, 2.45) is 0 Å². The van der Waals surface area contributed by atoms with E-state index in [0.29, 0.717) is 17.3 Å². The first kappa shape index (κ1) is 13.3. The molecular weight excluding hydrogens is 242 g/mol. The van der Waals surface area contributed by atoms with Crippen molar-refractivity contribution in [1.29, 1.82) is 0 Å². The number of H-pyrrole nitrogens is 1. The van der Waals surface area contributed by atoms with Crippen LogP contribution >= 0.6 is 0 Å². The third-order valence-corrected chi connectivity index (χ3v) is 2.86. The Labute approximate surface area is 111 Å². The second-order valence-electron chi connectivity index (χ2n) is 5.71. The van der Waals surface area contributed by atoms with E-state index in [0.717, 1.165) is 5.69 Å². The fourth-order valence-corrected chi connectivity index (χ4v) is 2.00. The molecule has 0 aliphatic carbocycles. The molecule has 102 valence electrons. The standard InChI is InChI=1S/C13H19N5O/c1-7-6-9(16-8(2)15-7)18-12(19)10(14)11(17-18)13(3,4)5/h6,17H,14H2,1-5H3. The Bertz CT molecular complexity index is 655. The van der Waals surface area contributed by atoms with Gasteiger partial charge in [-0.3, -0.25) is 9.89 Å². The van der Waals surface area contributed by atoms with Crippen LogP contribution in [0.4, 0.5) is 5.69 Å². The van der Waals surface area contributed by atoms with Crippen LogP contribution in [0.1, 0.15) is 38.0 Å². The van der Waals surface area contributed by atoms with E-state index in [4.69, 9.17) is 5.73 Å². The molecule has 0 aromatic carbocycles. The summed E-state index contributed by atoms with van der Waals surface area (Å²) in [5.74, 6) is 1.13. The molecule has 6 nitrogen and oxygen atoms in total. The van der Waals surface area contributed by atoms with Crippen molar-refractivity contribution in [3.8, 4) is 5.82 Å². The number of anilines is 1. The highest BCUT2D eigenvalue weighted by molar-refractivity contribution is 5.46. The summed E-state index contributed by atoms with van der Waals surface area (Å²) in [6.45, 7) is 9.64. The normalized spacial score (nSPS) is 11.8. The summed E-state index contributed by atoms with van der Waals surface area (Å²) in [5, 5.41) is 3.05. The average molecular weight is 261 g/mol.